The van der Waals surface area contributed by atoms with Crippen LogP contribution in [0.3, 0.4) is 0 Å². The number of ether oxygens (including phenoxy) is 1. The maximum absolute atomic E-state index is 11.9. The molecule has 1 aliphatic heterocycles. The minimum absolute atomic E-state index is 0.289. The molecule has 1 fully saturated rings. The van der Waals surface area contributed by atoms with E-state index >= 15 is 0 Å². The van der Waals surface area contributed by atoms with E-state index in [-0.39, 0.29) is 12.1 Å². The highest BCUT2D eigenvalue weighted by Crippen LogP contribution is 2.14. The molecule has 0 spiro atoms. The first-order chi connectivity index (χ1) is 11.1. The SMILES string of the molecule is Cn1nccc1NC(=O)Nc1ccc(CN2CCOC2=O)cc1. The molecule has 1 aromatic heterocycles. The summed E-state index contributed by atoms with van der Waals surface area (Å²) in [4.78, 5) is 24.9. The molecule has 1 aliphatic rings. The zero-order valence-electron chi connectivity index (χ0n) is 12.7. The molecule has 2 heterocycles. The monoisotopic (exact) mass is 315 g/mol. The fourth-order valence-electron chi connectivity index (χ4n) is 2.26. The van der Waals surface area contributed by atoms with Crippen LogP contribution in [0, 0.1) is 0 Å². The summed E-state index contributed by atoms with van der Waals surface area (Å²) in [5.74, 6) is 0.603. The van der Waals surface area contributed by atoms with Gasteiger partial charge < -0.3 is 15.0 Å². The Bertz CT molecular complexity index is 710. The average Bonchev–Trinajstić information content (AvgIpc) is 3.11. The van der Waals surface area contributed by atoms with Crippen LogP contribution < -0.4 is 10.6 Å². The summed E-state index contributed by atoms with van der Waals surface area (Å²) in [6, 6.07) is 8.68. The van der Waals surface area contributed by atoms with E-state index in [1.54, 1.807) is 41.0 Å². The van der Waals surface area contributed by atoms with Crippen LogP contribution in [0.2, 0.25) is 0 Å². The third kappa shape index (κ3) is 3.60. The maximum atomic E-state index is 11.9. The lowest BCUT2D eigenvalue weighted by Gasteiger charge is -2.13. The van der Waals surface area contributed by atoms with Crippen LogP contribution in [-0.4, -0.2) is 40.0 Å². The van der Waals surface area contributed by atoms with Crippen molar-refractivity contribution in [2.45, 2.75) is 6.54 Å². The number of nitrogens with one attached hydrogen (secondary N) is 2. The van der Waals surface area contributed by atoms with E-state index in [9.17, 15) is 9.59 Å². The molecule has 0 atom stereocenters. The second-order valence-electron chi connectivity index (χ2n) is 5.15. The minimum atomic E-state index is -0.343. The number of urea groups is 1. The van der Waals surface area contributed by atoms with Crippen LogP contribution in [0.5, 0.6) is 0 Å². The minimum Gasteiger partial charge on any atom is -0.448 e. The number of amides is 3. The number of anilines is 2. The van der Waals surface area contributed by atoms with Crippen molar-refractivity contribution in [2.24, 2.45) is 7.05 Å². The van der Waals surface area contributed by atoms with Crippen molar-refractivity contribution in [3.05, 3.63) is 42.1 Å². The summed E-state index contributed by atoms with van der Waals surface area (Å²) in [7, 11) is 1.74. The molecule has 3 amide bonds. The maximum Gasteiger partial charge on any atom is 0.410 e. The standard InChI is InChI=1S/C15H17N5O3/c1-19-13(6-7-16-19)18-14(21)17-12-4-2-11(3-5-12)10-20-8-9-23-15(20)22/h2-7H,8-10H2,1H3,(H2,17,18,21). The number of aromatic nitrogens is 2. The van der Waals surface area contributed by atoms with Gasteiger partial charge in [-0.1, -0.05) is 12.1 Å². The fourth-order valence-corrected chi connectivity index (χ4v) is 2.26. The number of aryl methyl sites for hydroxylation is 1. The van der Waals surface area contributed by atoms with Crippen LogP contribution in [0.4, 0.5) is 21.1 Å². The number of carbonyl (C=O) groups is 2. The van der Waals surface area contributed by atoms with E-state index < -0.39 is 0 Å². The Kier molecular flexibility index (Phi) is 4.13. The predicted molar refractivity (Wildman–Crippen MR) is 84.0 cm³/mol. The number of benzene rings is 1. The van der Waals surface area contributed by atoms with Gasteiger partial charge in [-0.15, -0.1) is 0 Å². The Morgan fingerprint density at radius 3 is 2.65 bits per heavy atom. The first-order valence-corrected chi connectivity index (χ1v) is 7.18. The summed E-state index contributed by atoms with van der Waals surface area (Å²) in [6.45, 7) is 1.54. The molecule has 0 saturated carbocycles. The van der Waals surface area contributed by atoms with Gasteiger partial charge in [0.1, 0.15) is 12.4 Å². The Balaban J connectivity index is 1.55. The molecule has 0 unspecified atom stereocenters. The quantitative estimate of drug-likeness (QED) is 0.903. The van der Waals surface area contributed by atoms with Gasteiger partial charge in [0, 0.05) is 25.3 Å². The summed E-state index contributed by atoms with van der Waals surface area (Å²) in [5.41, 5.74) is 1.64. The zero-order valence-corrected chi connectivity index (χ0v) is 12.7. The molecule has 2 N–H and O–H groups in total. The molecule has 2 aromatic rings. The van der Waals surface area contributed by atoms with Crippen molar-refractivity contribution in [1.29, 1.82) is 0 Å². The molecule has 120 valence electrons. The average molecular weight is 315 g/mol. The van der Waals surface area contributed by atoms with Crippen molar-refractivity contribution in [3.63, 3.8) is 0 Å². The number of hydrogen-bond donors (Lipinski definition) is 2. The lowest BCUT2D eigenvalue weighted by atomic mass is 10.2. The first-order valence-electron chi connectivity index (χ1n) is 7.18. The number of carbonyl (C=O) groups excluding carboxylic acids is 2. The van der Waals surface area contributed by atoms with Crippen molar-refractivity contribution < 1.29 is 14.3 Å². The van der Waals surface area contributed by atoms with Gasteiger partial charge in [-0.3, -0.25) is 10.00 Å². The van der Waals surface area contributed by atoms with Gasteiger partial charge in [0.05, 0.1) is 12.7 Å². The molecule has 8 heteroatoms. The number of cyclic esters (lactones) is 1. The highest BCUT2D eigenvalue weighted by molar-refractivity contribution is 5.99. The number of hydrogen-bond acceptors (Lipinski definition) is 4. The van der Waals surface area contributed by atoms with E-state index in [1.165, 1.54) is 0 Å². The lowest BCUT2D eigenvalue weighted by Crippen LogP contribution is -2.23. The van der Waals surface area contributed by atoms with Gasteiger partial charge in [0.2, 0.25) is 0 Å². The molecule has 8 nitrogen and oxygen atoms in total. The normalized spacial score (nSPS) is 13.8. The second-order valence-corrected chi connectivity index (χ2v) is 5.15. The summed E-state index contributed by atoms with van der Waals surface area (Å²) >= 11 is 0. The van der Waals surface area contributed by atoms with Crippen molar-refractivity contribution in [1.82, 2.24) is 14.7 Å². The summed E-state index contributed by atoms with van der Waals surface area (Å²) in [6.07, 6.45) is 1.32. The topological polar surface area (TPSA) is 88.5 Å². The van der Waals surface area contributed by atoms with Crippen LogP contribution >= 0.6 is 0 Å². The van der Waals surface area contributed by atoms with Gasteiger partial charge in [-0.2, -0.15) is 5.10 Å². The van der Waals surface area contributed by atoms with Crippen LogP contribution in [-0.2, 0) is 18.3 Å². The van der Waals surface area contributed by atoms with Crippen molar-refractivity contribution in [3.8, 4) is 0 Å². The van der Waals surface area contributed by atoms with Gasteiger partial charge in [0.25, 0.3) is 0 Å². The zero-order chi connectivity index (χ0) is 16.2. The molecule has 23 heavy (non-hydrogen) atoms. The van der Waals surface area contributed by atoms with Crippen LogP contribution in [0.1, 0.15) is 5.56 Å². The van der Waals surface area contributed by atoms with Gasteiger partial charge in [-0.25, -0.2) is 9.59 Å². The van der Waals surface area contributed by atoms with Gasteiger partial charge in [0.15, 0.2) is 0 Å². The Labute approximate surface area is 133 Å². The highest BCUT2D eigenvalue weighted by atomic mass is 16.6. The molecular formula is C15H17N5O3. The molecule has 0 aliphatic carbocycles. The highest BCUT2D eigenvalue weighted by Gasteiger charge is 2.21. The largest absolute Gasteiger partial charge is 0.448 e. The summed E-state index contributed by atoms with van der Waals surface area (Å²) in [5, 5.41) is 9.41. The van der Waals surface area contributed by atoms with Crippen LogP contribution in [0.25, 0.3) is 0 Å². The number of nitrogens with zero attached hydrogens (tertiary/aromatic N) is 3. The van der Waals surface area contributed by atoms with E-state index in [0.717, 1.165) is 5.56 Å². The molecule has 0 radical (unpaired) electrons. The first kappa shape index (κ1) is 14.9. The van der Waals surface area contributed by atoms with E-state index in [4.69, 9.17) is 4.74 Å². The molecule has 3 rings (SSSR count). The number of rotatable bonds is 4. The van der Waals surface area contributed by atoms with Crippen LogP contribution in [0.15, 0.2) is 36.5 Å². The summed E-state index contributed by atoms with van der Waals surface area (Å²) < 4.78 is 6.46. The Morgan fingerprint density at radius 2 is 2.04 bits per heavy atom. The van der Waals surface area contributed by atoms with Crippen molar-refractivity contribution in [2.75, 3.05) is 23.8 Å². The predicted octanol–water partition coefficient (Wildman–Crippen LogP) is 2.02. The second kappa shape index (κ2) is 6.39. The van der Waals surface area contributed by atoms with E-state index in [0.29, 0.717) is 31.2 Å². The smallest absolute Gasteiger partial charge is 0.410 e. The fraction of sp³-hybridized carbons (Fsp3) is 0.267. The van der Waals surface area contributed by atoms with Crippen molar-refractivity contribution >= 4 is 23.6 Å². The lowest BCUT2D eigenvalue weighted by molar-refractivity contribution is 0.157. The Hall–Kier alpha value is -3.03. The Morgan fingerprint density at radius 1 is 1.26 bits per heavy atom. The van der Waals surface area contributed by atoms with E-state index in [2.05, 4.69) is 15.7 Å². The van der Waals surface area contributed by atoms with E-state index in [1.807, 2.05) is 12.1 Å². The molecular weight excluding hydrogens is 298 g/mol. The molecule has 1 aromatic carbocycles. The molecule has 1 saturated heterocycles. The van der Waals surface area contributed by atoms with Gasteiger partial charge >= 0.3 is 12.1 Å². The third-order valence-corrected chi connectivity index (χ3v) is 3.49. The molecule has 0 bridgehead atoms. The van der Waals surface area contributed by atoms with Gasteiger partial charge in [-0.05, 0) is 17.7 Å². The third-order valence-electron chi connectivity index (χ3n) is 3.49.